The highest BCUT2D eigenvalue weighted by Crippen LogP contribution is 2.32. The van der Waals surface area contributed by atoms with Crippen molar-refractivity contribution < 1.29 is 13.2 Å². The normalized spacial score (nSPS) is 20.5. The second-order valence-electron chi connectivity index (χ2n) is 9.14. The lowest BCUT2D eigenvalue weighted by atomic mass is 10.1. The molecule has 8 heteroatoms. The van der Waals surface area contributed by atoms with Crippen LogP contribution in [-0.4, -0.2) is 58.1 Å². The molecule has 1 saturated heterocycles. The number of thioether (sulfide) groups is 1. The van der Waals surface area contributed by atoms with Gasteiger partial charge in [-0.15, -0.1) is 0 Å². The maximum Gasteiger partial charge on any atom is 0.233 e. The number of sulfone groups is 1. The molecule has 2 aromatic carbocycles. The average molecular weight is 484 g/mol. The summed E-state index contributed by atoms with van der Waals surface area (Å²) < 4.78 is 26.4. The van der Waals surface area contributed by atoms with Gasteiger partial charge in [0.15, 0.2) is 15.0 Å². The summed E-state index contributed by atoms with van der Waals surface area (Å²) in [5.74, 6) is 0.561. The van der Waals surface area contributed by atoms with Crippen molar-refractivity contribution in [2.45, 2.75) is 56.3 Å². The summed E-state index contributed by atoms with van der Waals surface area (Å²) in [6.45, 7) is 2.06. The van der Waals surface area contributed by atoms with Crippen LogP contribution in [0.4, 0.5) is 0 Å². The second kappa shape index (κ2) is 9.14. The van der Waals surface area contributed by atoms with Crippen molar-refractivity contribution in [1.29, 1.82) is 0 Å². The highest BCUT2D eigenvalue weighted by atomic mass is 32.2. The summed E-state index contributed by atoms with van der Waals surface area (Å²) in [7, 11) is -3.05. The van der Waals surface area contributed by atoms with Gasteiger partial charge in [-0.25, -0.2) is 13.4 Å². The van der Waals surface area contributed by atoms with Gasteiger partial charge < -0.3 is 4.90 Å². The third kappa shape index (κ3) is 4.68. The van der Waals surface area contributed by atoms with E-state index in [9.17, 15) is 13.2 Å². The lowest BCUT2D eigenvalue weighted by molar-refractivity contribution is -0.132. The highest BCUT2D eigenvalue weighted by molar-refractivity contribution is 7.99. The molecule has 5 rings (SSSR count). The zero-order valence-electron chi connectivity index (χ0n) is 18.8. The number of rotatable bonds is 6. The maximum atomic E-state index is 13.5. The van der Waals surface area contributed by atoms with Crippen molar-refractivity contribution in [1.82, 2.24) is 14.5 Å². The molecule has 1 saturated carbocycles. The molecular weight excluding hydrogens is 454 g/mol. The third-order valence-electron chi connectivity index (χ3n) is 6.75. The number of hydrogen-bond donors (Lipinski definition) is 0. The van der Waals surface area contributed by atoms with Gasteiger partial charge in [0.1, 0.15) is 0 Å². The molecule has 1 aromatic heterocycles. The zero-order valence-corrected chi connectivity index (χ0v) is 20.4. The molecule has 3 aromatic rings. The van der Waals surface area contributed by atoms with Crippen LogP contribution in [0.2, 0.25) is 0 Å². The van der Waals surface area contributed by atoms with Crippen LogP contribution in [0.15, 0.2) is 53.7 Å². The van der Waals surface area contributed by atoms with Gasteiger partial charge in [-0.3, -0.25) is 9.36 Å². The van der Waals surface area contributed by atoms with Crippen LogP contribution in [0.3, 0.4) is 0 Å². The summed E-state index contributed by atoms with van der Waals surface area (Å²) in [4.78, 5) is 20.2. The van der Waals surface area contributed by atoms with Gasteiger partial charge in [0.2, 0.25) is 5.91 Å². The number of fused-ring (bicyclic) bond motifs is 1. The predicted molar refractivity (Wildman–Crippen MR) is 133 cm³/mol. The fourth-order valence-electron chi connectivity index (χ4n) is 5.13. The lowest BCUT2D eigenvalue weighted by Gasteiger charge is -2.34. The topological polar surface area (TPSA) is 72.3 Å². The van der Waals surface area contributed by atoms with E-state index in [0.717, 1.165) is 47.6 Å². The molecule has 0 spiro atoms. The van der Waals surface area contributed by atoms with Crippen LogP contribution in [0, 0.1) is 6.92 Å². The largest absolute Gasteiger partial charge is 0.335 e. The van der Waals surface area contributed by atoms with Crippen molar-refractivity contribution >= 4 is 38.5 Å². The molecular formula is C25H29N3O3S2. The van der Waals surface area contributed by atoms with Crippen LogP contribution in [0.5, 0.6) is 0 Å². The van der Waals surface area contributed by atoms with E-state index in [4.69, 9.17) is 4.98 Å². The molecule has 0 bridgehead atoms. The Morgan fingerprint density at radius 2 is 1.79 bits per heavy atom. The van der Waals surface area contributed by atoms with E-state index in [1.54, 1.807) is 0 Å². The number of aromatic nitrogens is 2. The zero-order chi connectivity index (χ0) is 23.0. The number of aryl methyl sites for hydroxylation is 1. The van der Waals surface area contributed by atoms with E-state index >= 15 is 0 Å². The molecule has 1 atom stereocenters. The van der Waals surface area contributed by atoms with Crippen LogP contribution in [0.1, 0.15) is 37.7 Å². The summed E-state index contributed by atoms with van der Waals surface area (Å²) in [5.41, 5.74) is 4.10. The van der Waals surface area contributed by atoms with Gasteiger partial charge in [0.05, 0.1) is 28.3 Å². The summed E-state index contributed by atoms with van der Waals surface area (Å²) in [6.07, 6.45) is 4.69. The molecule has 0 N–H and O–H groups in total. The monoisotopic (exact) mass is 483 g/mol. The highest BCUT2D eigenvalue weighted by Gasteiger charge is 2.39. The van der Waals surface area contributed by atoms with Gasteiger partial charge in [-0.1, -0.05) is 54.4 Å². The van der Waals surface area contributed by atoms with Crippen molar-refractivity contribution in [2.75, 3.05) is 17.3 Å². The van der Waals surface area contributed by atoms with Gasteiger partial charge in [-0.05, 0) is 50.5 Å². The van der Waals surface area contributed by atoms with Crippen LogP contribution in [-0.2, 0) is 14.6 Å². The van der Waals surface area contributed by atoms with E-state index in [2.05, 4.69) is 35.8 Å². The van der Waals surface area contributed by atoms with E-state index in [1.165, 1.54) is 17.3 Å². The predicted octanol–water partition coefficient (Wildman–Crippen LogP) is 4.38. The molecule has 2 heterocycles. The van der Waals surface area contributed by atoms with Crippen LogP contribution in [0.25, 0.3) is 16.7 Å². The smallest absolute Gasteiger partial charge is 0.233 e. The van der Waals surface area contributed by atoms with Gasteiger partial charge in [-0.2, -0.15) is 0 Å². The van der Waals surface area contributed by atoms with Crippen molar-refractivity contribution in [2.24, 2.45) is 0 Å². The summed E-state index contributed by atoms with van der Waals surface area (Å²) in [6, 6.07) is 16.3. The molecule has 0 unspecified atom stereocenters. The first-order valence-electron chi connectivity index (χ1n) is 11.6. The van der Waals surface area contributed by atoms with Gasteiger partial charge in [0.25, 0.3) is 0 Å². The Kier molecular flexibility index (Phi) is 6.22. The molecule has 174 valence electrons. The molecule has 1 aliphatic carbocycles. The van der Waals surface area contributed by atoms with E-state index in [0.29, 0.717) is 6.42 Å². The average Bonchev–Trinajstić information content (AvgIpc) is 3.52. The molecule has 2 fully saturated rings. The Bertz CT molecular complexity index is 1260. The number of nitrogens with zero attached hydrogens (tertiary/aromatic N) is 3. The Balaban J connectivity index is 1.42. The number of hydrogen-bond acceptors (Lipinski definition) is 5. The molecule has 1 amide bonds. The van der Waals surface area contributed by atoms with E-state index in [1.807, 2.05) is 29.2 Å². The lowest BCUT2D eigenvalue weighted by Crippen LogP contribution is -2.47. The third-order valence-corrected chi connectivity index (χ3v) is 9.43. The molecule has 2 aliphatic rings. The van der Waals surface area contributed by atoms with E-state index in [-0.39, 0.29) is 35.2 Å². The van der Waals surface area contributed by atoms with Crippen LogP contribution >= 0.6 is 11.8 Å². The minimum atomic E-state index is -3.05. The Morgan fingerprint density at radius 3 is 2.48 bits per heavy atom. The van der Waals surface area contributed by atoms with Crippen molar-refractivity contribution in [3.05, 3.63) is 54.1 Å². The van der Waals surface area contributed by atoms with E-state index < -0.39 is 9.84 Å². The fourth-order valence-corrected chi connectivity index (χ4v) is 7.74. The van der Waals surface area contributed by atoms with Gasteiger partial charge >= 0.3 is 0 Å². The number of carbonyl (C=O) groups is 1. The maximum absolute atomic E-state index is 13.5. The molecule has 0 radical (unpaired) electrons. The standard InChI is InChI=1S/C25H29N3O3S2/c1-18-10-12-20(13-11-18)28-23-9-5-4-8-22(23)26-25(28)32-16-24(29)27(19-6-2-3-7-19)21-14-15-33(30,31)17-21/h4-5,8-13,19,21H,2-3,6-7,14-17H2,1H3/t21-/m0/s1. The van der Waals surface area contributed by atoms with Gasteiger partial charge in [0, 0.05) is 17.8 Å². The summed E-state index contributed by atoms with van der Waals surface area (Å²) in [5, 5.41) is 0.777. The molecule has 6 nitrogen and oxygen atoms in total. The second-order valence-corrected chi connectivity index (χ2v) is 12.3. The number of amides is 1. The summed E-state index contributed by atoms with van der Waals surface area (Å²) >= 11 is 1.44. The fraction of sp³-hybridized carbons (Fsp3) is 0.440. The number of benzene rings is 2. The Morgan fingerprint density at radius 1 is 1.06 bits per heavy atom. The SMILES string of the molecule is Cc1ccc(-n2c(SCC(=O)N(C3CCCC3)[C@H]3CCS(=O)(=O)C3)nc3ccccc32)cc1. The van der Waals surface area contributed by atoms with Crippen LogP contribution < -0.4 is 0 Å². The molecule has 33 heavy (non-hydrogen) atoms. The Hall–Kier alpha value is -2.32. The first-order valence-corrected chi connectivity index (χ1v) is 14.4. The van der Waals surface area contributed by atoms with Crippen molar-refractivity contribution in [3.63, 3.8) is 0 Å². The molecule has 1 aliphatic heterocycles. The minimum Gasteiger partial charge on any atom is -0.335 e. The quantitative estimate of drug-likeness (QED) is 0.487. The van der Waals surface area contributed by atoms with Crippen molar-refractivity contribution in [3.8, 4) is 5.69 Å². The first kappa shape index (κ1) is 22.5. The number of para-hydroxylation sites is 2. The number of imidazole rings is 1. The Labute approximate surface area is 199 Å². The minimum absolute atomic E-state index is 0.0245. The first-order chi connectivity index (χ1) is 15.9. The number of carbonyl (C=O) groups excluding carboxylic acids is 1.